The van der Waals surface area contributed by atoms with Gasteiger partial charge in [-0.2, -0.15) is 0 Å². The molecule has 1 N–H and O–H groups in total. The lowest BCUT2D eigenvalue weighted by atomic mass is 10.3. The molecule has 0 atom stereocenters. The number of rotatable bonds is 4. The molecule has 19 heavy (non-hydrogen) atoms. The Morgan fingerprint density at radius 2 is 2.26 bits per heavy atom. The van der Waals surface area contributed by atoms with Crippen molar-refractivity contribution in [2.45, 2.75) is 5.16 Å². The Kier molecular flexibility index (Phi) is 3.86. The first-order chi connectivity index (χ1) is 8.90. The first kappa shape index (κ1) is 14.0. The molecule has 0 amide bonds. The van der Waals surface area contributed by atoms with Crippen LogP contribution in [0.1, 0.15) is 0 Å². The lowest BCUT2D eigenvalue weighted by molar-refractivity contribution is -0.133. The van der Waals surface area contributed by atoms with E-state index in [0.717, 1.165) is 11.8 Å². The van der Waals surface area contributed by atoms with Crippen LogP contribution in [0.25, 0.3) is 11.0 Å². The van der Waals surface area contributed by atoms with Crippen LogP contribution < -0.4 is 5.01 Å². The smallest absolute Gasteiger partial charge is 0.313 e. The van der Waals surface area contributed by atoms with Crippen LogP contribution >= 0.6 is 23.4 Å². The minimum Gasteiger partial charge on any atom is -0.481 e. The number of benzene rings is 1. The highest BCUT2D eigenvalue weighted by atomic mass is 35.5. The molecular weight excluding hydrogens is 293 g/mol. The van der Waals surface area contributed by atoms with E-state index in [4.69, 9.17) is 16.7 Å². The number of hydrogen-bond donors (Lipinski definition) is 1. The third kappa shape index (κ3) is 2.76. The molecule has 5 nitrogen and oxygen atoms in total. The number of hydrogen-bond acceptors (Lipinski definition) is 4. The number of carbonyl (C=O) groups is 1. The maximum atomic E-state index is 13.4. The van der Waals surface area contributed by atoms with Gasteiger partial charge in [0.05, 0.1) is 21.8 Å². The van der Waals surface area contributed by atoms with E-state index in [1.54, 1.807) is 23.8 Å². The molecule has 8 heteroatoms. The van der Waals surface area contributed by atoms with E-state index in [1.807, 2.05) is 0 Å². The van der Waals surface area contributed by atoms with Crippen molar-refractivity contribution in [3.63, 3.8) is 0 Å². The Morgan fingerprint density at radius 1 is 1.58 bits per heavy atom. The van der Waals surface area contributed by atoms with Gasteiger partial charge >= 0.3 is 5.97 Å². The van der Waals surface area contributed by atoms with Gasteiger partial charge in [-0.05, 0) is 6.07 Å². The average Bonchev–Trinajstić information content (AvgIpc) is 2.64. The van der Waals surface area contributed by atoms with Crippen molar-refractivity contribution >= 4 is 40.4 Å². The summed E-state index contributed by atoms with van der Waals surface area (Å²) in [7, 11) is 3.56. The monoisotopic (exact) mass is 303 g/mol. The summed E-state index contributed by atoms with van der Waals surface area (Å²) >= 11 is 6.83. The highest BCUT2D eigenvalue weighted by molar-refractivity contribution is 7.99. The van der Waals surface area contributed by atoms with E-state index in [0.29, 0.717) is 16.2 Å². The molecule has 102 valence electrons. The largest absolute Gasteiger partial charge is 0.481 e. The van der Waals surface area contributed by atoms with Crippen LogP contribution in [-0.4, -0.2) is 40.6 Å². The van der Waals surface area contributed by atoms with Gasteiger partial charge in [0.25, 0.3) is 0 Å². The quantitative estimate of drug-likeness (QED) is 0.878. The number of thioether (sulfide) groups is 1. The molecule has 1 aromatic carbocycles. The first-order valence-corrected chi connectivity index (χ1v) is 6.66. The van der Waals surface area contributed by atoms with Gasteiger partial charge in [-0.15, -0.1) is 0 Å². The fourth-order valence-corrected chi connectivity index (χ4v) is 2.60. The fraction of sp³-hybridized carbons (Fsp3) is 0.273. The summed E-state index contributed by atoms with van der Waals surface area (Å²) in [6, 6.07) is 2.71. The molecule has 0 aliphatic carbocycles. The van der Waals surface area contributed by atoms with Crippen molar-refractivity contribution in [3.05, 3.63) is 23.0 Å². The Balaban J connectivity index is 2.56. The number of aliphatic carboxylic acids is 1. The molecule has 2 aromatic rings. The third-order valence-electron chi connectivity index (χ3n) is 2.37. The molecule has 0 aliphatic rings. The molecule has 1 heterocycles. The van der Waals surface area contributed by atoms with Gasteiger partial charge in [0.2, 0.25) is 0 Å². The first-order valence-electron chi connectivity index (χ1n) is 5.30. The van der Waals surface area contributed by atoms with E-state index in [2.05, 4.69) is 4.98 Å². The highest BCUT2D eigenvalue weighted by Crippen LogP contribution is 2.27. The number of nitrogens with zero attached hydrogens (tertiary/aromatic N) is 3. The topological polar surface area (TPSA) is 58.4 Å². The Morgan fingerprint density at radius 3 is 2.84 bits per heavy atom. The molecule has 2 rings (SSSR count). The summed E-state index contributed by atoms with van der Waals surface area (Å²) in [5, 5.41) is 10.9. The third-order valence-corrected chi connectivity index (χ3v) is 3.57. The van der Waals surface area contributed by atoms with Crippen LogP contribution in [0.15, 0.2) is 17.3 Å². The Hall–Kier alpha value is -1.47. The van der Waals surface area contributed by atoms with E-state index in [-0.39, 0.29) is 10.8 Å². The van der Waals surface area contributed by atoms with Crippen LogP contribution in [0.5, 0.6) is 0 Å². The molecule has 1 aromatic heterocycles. The maximum absolute atomic E-state index is 13.4. The summed E-state index contributed by atoms with van der Waals surface area (Å²) in [5.41, 5.74) is 1.06. The molecule has 0 unspecified atom stereocenters. The minimum absolute atomic E-state index is 0.00489. The van der Waals surface area contributed by atoms with Crippen LogP contribution in [0.3, 0.4) is 0 Å². The molecule has 0 saturated heterocycles. The Labute approximate surface area is 117 Å². The summed E-state index contributed by atoms with van der Waals surface area (Å²) in [5.74, 6) is -1.60. The average molecular weight is 304 g/mol. The van der Waals surface area contributed by atoms with Crippen molar-refractivity contribution in [1.29, 1.82) is 0 Å². The van der Waals surface area contributed by atoms with Crippen molar-refractivity contribution in [2.75, 3.05) is 24.9 Å². The molecule has 0 aliphatic heterocycles. The summed E-state index contributed by atoms with van der Waals surface area (Å²) in [6.07, 6.45) is 0. The predicted molar refractivity (Wildman–Crippen MR) is 73.1 cm³/mol. The van der Waals surface area contributed by atoms with Crippen molar-refractivity contribution in [2.24, 2.45) is 0 Å². The highest BCUT2D eigenvalue weighted by Gasteiger charge is 2.16. The van der Waals surface area contributed by atoms with E-state index in [1.165, 1.54) is 12.1 Å². The maximum Gasteiger partial charge on any atom is 0.313 e. The van der Waals surface area contributed by atoms with Gasteiger partial charge in [-0.25, -0.2) is 14.1 Å². The number of carboxylic acids is 1. The standard InChI is InChI=1S/C11H11ClFN3O2S/c1-15(2)16-9-3-6(12)7(13)4-8(9)14-11(16)19-5-10(17)18/h3-4H,5H2,1-2H3,(H,17,18). The van der Waals surface area contributed by atoms with Gasteiger partial charge in [0.15, 0.2) is 5.16 Å². The van der Waals surface area contributed by atoms with Crippen LogP contribution in [0.2, 0.25) is 5.02 Å². The van der Waals surface area contributed by atoms with Crippen molar-refractivity contribution in [1.82, 2.24) is 9.66 Å². The molecule has 0 saturated carbocycles. The van der Waals surface area contributed by atoms with Gasteiger partial charge in [0, 0.05) is 20.2 Å². The number of halogens is 2. The zero-order valence-corrected chi connectivity index (χ0v) is 11.8. The number of carboxylic acid groups (broad SMARTS) is 1. The molecular formula is C11H11ClFN3O2S. The second kappa shape index (κ2) is 5.26. The molecule has 0 fully saturated rings. The zero-order chi connectivity index (χ0) is 14.2. The molecule has 0 radical (unpaired) electrons. The van der Waals surface area contributed by atoms with Crippen molar-refractivity contribution in [3.8, 4) is 0 Å². The predicted octanol–water partition coefficient (Wildman–Crippen LogP) is 2.20. The normalized spacial score (nSPS) is 10.9. The van der Waals surface area contributed by atoms with E-state index < -0.39 is 11.8 Å². The molecule has 0 spiro atoms. The van der Waals surface area contributed by atoms with Crippen LogP contribution in [0, 0.1) is 5.82 Å². The van der Waals surface area contributed by atoms with Gasteiger partial charge in [-0.1, -0.05) is 23.4 Å². The zero-order valence-electron chi connectivity index (χ0n) is 10.2. The van der Waals surface area contributed by atoms with Crippen molar-refractivity contribution < 1.29 is 14.3 Å². The number of fused-ring (bicyclic) bond motifs is 1. The lowest BCUT2D eigenvalue weighted by Gasteiger charge is -2.17. The summed E-state index contributed by atoms with van der Waals surface area (Å²) in [6.45, 7) is 0. The van der Waals surface area contributed by atoms with Gasteiger partial charge < -0.3 is 10.1 Å². The minimum atomic E-state index is -0.938. The number of imidazole rings is 1. The SMILES string of the molecule is CN(C)n1c(SCC(=O)O)nc2cc(F)c(Cl)cc21. The Bertz CT molecular complexity index is 644. The van der Waals surface area contributed by atoms with E-state index >= 15 is 0 Å². The molecule has 0 bridgehead atoms. The lowest BCUT2D eigenvalue weighted by Crippen LogP contribution is -2.25. The van der Waals surface area contributed by atoms with Gasteiger partial charge in [-0.3, -0.25) is 4.79 Å². The fourth-order valence-electron chi connectivity index (χ4n) is 1.64. The van der Waals surface area contributed by atoms with Crippen LogP contribution in [0.4, 0.5) is 4.39 Å². The van der Waals surface area contributed by atoms with E-state index in [9.17, 15) is 9.18 Å². The van der Waals surface area contributed by atoms with Gasteiger partial charge in [0.1, 0.15) is 5.82 Å². The summed E-state index contributed by atoms with van der Waals surface area (Å²) < 4.78 is 15.1. The van der Waals surface area contributed by atoms with Crippen LogP contribution in [-0.2, 0) is 4.79 Å². The summed E-state index contributed by atoms with van der Waals surface area (Å²) in [4.78, 5) is 14.9. The number of aromatic nitrogens is 2. The second-order valence-corrected chi connectivity index (χ2v) is 5.34. The second-order valence-electron chi connectivity index (χ2n) is 3.99.